The third kappa shape index (κ3) is 7.90. The maximum Gasteiger partial charge on any atom is 0.191 e. The average Bonchev–Trinajstić information content (AvgIpc) is 3.06. The van der Waals surface area contributed by atoms with Crippen LogP contribution in [0.1, 0.15) is 30.1 Å². The van der Waals surface area contributed by atoms with Crippen molar-refractivity contribution in [2.45, 2.75) is 39.7 Å². The van der Waals surface area contributed by atoms with Gasteiger partial charge in [-0.2, -0.15) is 0 Å². The highest BCUT2D eigenvalue weighted by atomic mass is 127. The van der Waals surface area contributed by atoms with Crippen LogP contribution in [0.25, 0.3) is 0 Å². The van der Waals surface area contributed by atoms with Gasteiger partial charge in [0.15, 0.2) is 5.96 Å². The maximum atomic E-state index is 5.93. The highest BCUT2D eigenvalue weighted by molar-refractivity contribution is 14.0. The zero-order valence-electron chi connectivity index (χ0n) is 15.9. The third-order valence-corrected chi connectivity index (χ3v) is 4.72. The molecule has 144 valence electrons. The largest absolute Gasteiger partial charge is 0.489 e. The van der Waals surface area contributed by atoms with Gasteiger partial charge in [0.25, 0.3) is 0 Å². The molecule has 0 aliphatic rings. The molecule has 0 fully saturated rings. The smallest absolute Gasteiger partial charge is 0.191 e. The van der Waals surface area contributed by atoms with Crippen LogP contribution in [0.2, 0.25) is 0 Å². The molecule has 7 heteroatoms. The van der Waals surface area contributed by atoms with Crippen molar-refractivity contribution in [2.24, 2.45) is 4.99 Å². The Bertz CT molecular complexity index is 690. The van der Waals surface area contributed by atoms with Gasteiger partial charge in [0.05, 0.1) is 17.2 Å². The fourth-order valence-electron chi connectivity index (χ4n) is 2.36. The lowest BCUT2D eigenvalue weighted by Crippen LogP contribution is -2.42. The second-order valence-corrected chi connectivity index (χ2v) is 6.90. The molecule has 1 aromatic heterocycles. The lowest BCUT2D eigenvalue weighted by atomic mass is 10.2. The van der Waals surface area contributed by atoms with Crippen molar-refractivity contribution in [1.82, 2.24) is 15.6 Å². The summed E-state index contributed by atoms with van der Waals surface area (Å²) < 4.78 is 5.93. The van der Waals surface area contributed by atoms with Gasteiger partial charge in [-0.3, -0.25) is 4.99 Å². The van der Waals surface area contributed by atoms with E-state index in [0.29, 0.717) is 6.54 Å². The Morgan fingerprint density at radius 2 is 2.15 bits per heavy atom. The zero-order chi connectivity index (χ0) is 18.1. The molecule has 2 N–H and O–H groups in total. The zero-order valence-corrected chi connectivity index (χ0v) is 19.1. The van der Waals surface area contributed by atoms with E-state index in [1.54, 1.807) is 18.4 Å². The van der Waals surface area contributed by atoms with Gasteiger partial charge in [0, 0.05) is 25.4 Å². The van der Waals surface area contributed by atoms with Crippen molar-refractivity contribution in [3.63, 3.8) is 0 Å². The predicted octanol–water partition coefficient (Wildman–Crippen LogP) is 3.81. The third-order valence-electron chi connectivity index (χ3n) is 3.68. The molecule has 1 heterocycles. The monoisotopic (exact) mass is 488 g/mol. The van der Waals surface area contributed by atoms with Crippen molar-refractivity contribution in [1.29, 1.82) is 0 Å². The minimum absolute atomic E-state index is 0. The normalized spacial score (nSPS) is 12.2. The molecule has 2 aromatic rings. The Morgan fingerprint density at radius 3 is 2.81 bits per heavy atom. The number of guanidine groups is 1. The van der Waals surface area contributed by atoms with Crippen molar-refractivity contribution < 1.29 is 4.74 Å². The summed E-state index contributed by atoms with van der Waals surface area (Å²) in [4.78, 5) is 8.83. The van der Waals surface area contributed by atoms with E-state index in [9.17, 15) is 0 Å². The molecule has 0 spiro atoms. The number of rotatable bonds is 8. The van der Waals surface area contributed by atoms with Crippen molar-refractivity contribution >= 4 is 41.3 Å². The van der Waals surface area contributed by atoms with Crippen LogP contribution in [-0.4, -0.2) is 37.2 Å². The second kappa shape index (κ2) is 12.1. The van der Waals surface area contributed by atoms with Crippen LogP contribution >= 0.6 is 35.3 Å². The molecule has 2 rings (SSSR count). The minimum atomic E-state index is 0. The van der Waals surface area contributed by atoms with Gasteiger partial charge in [-0.1, -0.05) is 19.1 Å². The Balaban J connectivity index is 0.00000338. The highest BCUT2D eigenvalue weighted by Gasteiger charge is 2.06. The Kier molecular flexibility index (Phi) is 10.6. The molecular weight excluding hydrogens is 459 g/mol. The number of hydrogen-bond acceptors (Lipinski definition) is 4. The predicted molar refractivity (Wildman–Crippen MR) is 121 cm³/mol. The molecule has 0 saturated heterocycles. The van der Waals surface area contributed by atoms with Gasteiger partial charge < -0.3 is 15.4 Å². The number of hydrogen-bond donors (Lipinski definition) is 2. The molecule has 5 nitrogen and oxygen atoms in total. The highest BCUT2D eigenvalue weighted by Crippen LogP contribution is 2.14. The number of nitrogens with zero attached hydrogens (tertiary/aromatic N) is 2. The van der Waals surface area contributed by atoms with E-state index in [1.165, 1.54) is 10.6 Å². The van der Waals surface area contributed by atoms with Gasteiger partial charge in [-0.05, 0) is 38.0 Å². The van der Waals surface area contributed by atoms with Crippen molar-refractivity contribution in [3.05, 3.63) is 45.9 Å². The summed E-state index contributed by atoms with van der Waals surface area (Å²) >= 11 is 1.73. The van der Waals surface area contributed by atoms with Crippen LogP contribution in [-0.2, 0) is 12.8 Å². The number of benzene rings is 1. The first kappa shape index (κ1) is 22.7. The SMILES string of the molecule is CCc1nc(CCNC(=NC)NCC(C)Oc2cccc(C)c2)cs1.I. The Hall–Kier alpha value is -1.35. The van der Waals surface area contributed by atoms with E-state index >= 15 is 0 Å². The van der Waals surface area contributed by atoms with Gasteiger partial charge in [0.1, 0.15) is 11.9 Å². The van der Waals surface area contributed by atoms with Crippen LogP contribution in [0.4, 0.5) is 0 Å². The van der Waals surface area contributed by atoms with Gasteiger partial charge in [0.2, 0.25) is 0 Å². The summed E-state index contributed by atoms with van der Waals surface area (Å²) in [6, 6.07) is 8.10. The lowest BCUT2D eigenvalue weighted by Gasteiger charge is -2.18. The minimum Gasteiger partial charge on any atom is -0.489 e. The molecule has 26 heavy (non-hydrogen) atoms. The first-order valence-corrected chi connectivity index (χ1v) is 9.59. The van der Waals surface area contributed by atoms with E-state index in [4.69, 9.17) is 4.74 Å². The summed E-state index contributed by atoms with van der Waals surface area (Å²) in [5, 5.41) is 9.95. The fraction of sp³-hybridized carbons (Fsp3) is 0.474. The standard InChI is InChI=1S/C19H28N4OS.HI/c1-5-18-23-16(13-25-18)9-10-21-19(20-4)22-12-15(3)24-17-8-6-7-14(2)11-17;/h6-8,11,13,15H,5,9-10,12H2,1-4H3,(H2,20,21,22);1H. The van der Waals surface area contributed by atoms with Crippen LogP contribution in [0, 0.1) is 6.92 Å². The Morgan fingerprint density at radius 1 is 1.35 bits per heavy atom. The number of nitrogens with one attached hydrogen (secondary N) is 2. The van der Waals surface area contributed by atoms with Crippen LogP contribution < -0.4 is 15.4 Å². The molecule has 0 aliphatic heterocycles. The quantitative estimate of drug-likeness (QED) is 0.337. The molecule has 0 aliphatic carbocycles. The van der Waals surface area contributed by atoms with E-state index < -0.39 is 0 Å². The van der Waals surface area contributed by atoms with Gasteiger partial charge in [-0.15, -0.1) is 35.3 Å². The van der Waals surface area contributed by atoms with Crippen LogP contribution in [0.3, 0.4) is 0 Å². The number of aryl methyl sites for hydroxylation is 2. The number of halogens is 1. The molecule has 0 amide bonds. The average molecular weight is 488 g/mol. The van der Waals surface area contributed by atoms with E-state index in [1.807, 2.05) is 25.1 Å². The van der Waals surface area contributed by atoms with E-state index in [2.05, 4.69) is 45.9 Å². The van der Waals surface area contributed by atoms with E-state index in [-0.39, 0.29) is 30.1 Å². The van der Waals surface area contributed by atoms with Crippen LogP contribution in [0.15, 0.2) is 34.6 Å². The summed E-state index contributed by atoms with van der Waals surface area (Å²) in [6.45, 7) is 7.73. The van der Waals surface area contributed by atoms with Crippen molar-refractivity contribution in [3.8, 4) is 5.75 Å². The number of thiazole rings is 1. The molecule has 1 unspecified atom stereocenters. The van der Waals surface area contributed by atoms with Gasteiger partial charge in [-0.25, -0.2) is 4.98 Å². The summed E-state index contributed by atoms with van der Waals surface area (Å²) in [6.07, 6.45) is 1.94. The van der Waals surface area contributed by atoms with Crippen molar-refractivity contribution in [2.75, 3.05) is 20.1 Å². The summed E-state index contributed by atoms with van der Waals surface area (Å²) in [5.74, 6) is 1.68. The Labute approximate surface area is 177 Å². The molecular formula is C19H29IN4OS. The molecule has 1 atom stereocenters. The molecule has 0 saturated carbocycles. The molecule has 1 aromatic carbocycles. The van der Waals surface area contributed by atoms with E-state index in [0.717, 1.165) is 36.8 Å². The van der Waals surface area contributed by atoms with Gasteiger partial charge >= 0.3 is 0 Å². The first-order valence-electron chi connectivity index (χ1n) is 8.71. The number of ether oxygens (including phenoxy) is 1. The second-order valence-electron chi connectivity index (χ2n) is 5.96. The fourth-order valence-corrected chi connectivity index (χ4v) is 3.14. The number of aliphatic imine (C=N–C) groups is 1. The lowest BCUT2D eigenvalue weighted by molar-refractivity contribution is 0.223. The maximum absolute atomic E-state index is 5.93. The molecule has 0 radical (unpaired) electrons. The molecule has 0 bridgehead atoms. The first-order chi connectivity index (χ1) is 12.1. The summed E-state index contributed by atoms with van der Waals surface area (Å²) in [5.41, 5.74) is 2.34. The topological polar surface area (TPSA) is 58.5 Å². The van der Waals surface area contributed by atoms with Crippen LogP contribution in [0.5, 0.6) is 5.75 Å². The number of aromatic nitrogens is 1. The summed E-state index contributed by atoms with van der Waals surface area (Å²) in [7, 11) is 1.78.